The van der Waals surface area contributed by atoms with E-state index < -0.39 is 0 Å². The number of benzene rings is 1. The van der Waals surface area contributed by atoms with Gasteiger partial charge in [0.25, 0.3) is 0 Å². The van der Waals surface area contributed by atoms with Gasteiger partial charge in [0.05, 0.1) is 0 Å². The Hall–Kier alpha value is 0.266. The van der Waals surface area contributed by atoms with Crippen molar-refractivity contribution in [3.05, 3.63) is 29.3 Å². The Balaban J connectivity index is 0. The second kappa shape index (κ2) is 5.98. The molecule has 1 nitrogen and oxygen atoms in total. The number of hydrogen-bond donors (Lipinski definition) is 1. The minimum absolute atomic E-state index is 0. The Bertz CT molecular complexity index is 292. The van der Waals surface area contributed by atoms with Gasteiger partial charge in [-0.15, -0.1) is 0 Å². The van der Waals surface area contributed by atoms with E-state index in [0.29, 0.717) is 5.75 Å². The van der Waals surface area contributed by atoms with Gasteiger partial charge in [0, 0.05) is 0 Å². The van der Waals surface area contributed by atoms with Crippen LogP contribution >= 0.6 is 0 Å². The molecule has 0 fully saturated rings. The van der Waals surface area contributed by atoms with Crippen molar-refractivity contribution in [1.29, 1.82) is 0 Å². The number of halogens is 1. The van der Waals surface area contributed by atoms with E-state index >= 15 is 0 Å². The van der Waals surface area contributed by atoms with Crippen molar-refractivity contribution in [2.24, 2.45) is 0 Å². The van der Waals surface area contributed by atoms with Gasteiger partial charge in [0.1, 0.15) is 5.75 Å². The molecule has 0 saturated carbocycles. The van der Waals surface area contributed by atoms with Gasteiger partial charge in [-0.05, 0) is 24.0 Å². The number of phenolic OH excluding ortho intramolecular Hbond substituents is 1. The van der Waals surface area contributed by atoms with E-state index in [1.807, 2.05) is 19.1 Å². The van der Waals surface area contributed by atoms with E-state index in [1.165, 1.54) is 5.56 Å². The third-order valence-corrected chi connectivity index (χ3v) is 1.96. The van der Waals surface area contributed by atoms with Gasteiger partial charge in [0.2, 0.25) is 0 Å². The smallest absolute Gasteiger partial charge is 1.00 e. The first-order chi connectivity index (χ1) is 5.41. The fraction of sp³-hybridized carbons (Fsp3) is 0.455. The molecule has 1 rings (SSSR count). The third-order valence-electron chi connectivity index (χ3n) is 1.96. The van der Waals surface area contributed by atoms with Crippen molar-refractivity contribution < 1.29 is 22.1 Å². The van der Waals surface area contributed by atoms with Gasteiger partial charge in [-0.2, -0.15) is 0 Å². The van der Waals surface area contributed by atoms with Crippen LogP contribution in [0.2, 0.25) is 0 Å². The van der Waals surface area contributed by atoms with E-state index in [0.717, 1.165) is 5.56 Å². The number of phenols is 1. The summed E-state index contributed by atoms with van der Waals surface area (Å²) >= 11 is 0. The zero-order chi connectivity index (χ0) is 9.35. The molecular weight excluding hydrogens is 252 g/mol. The predicted octanol–water partition coefficient (Wildman–Crippen LogP) is -0.379. The molecule has 0 saturated heterocycles. The number of aryl methyl sites for hydroxylation is 1. The summed E-state index contributed by atoms with van der Waals surface area (Å²) in [5.74, 6) is 0.396. The number of hydrogen-bond acceptors (Lipinski definition) is 1. The van der Waals surface area contributed by atoms with E-state index in [2.05, 4.69) is 20.8 Å². The van der Waals surface area contributed by atoms with Gasteiger partial charge >= 0.3 is 23.1 Å². The molecule has 0 bridgehead atoms. The molecule has 1 aromatic carbocycles. The topological polar surface area (TPSA) is 20.2 Å². The normalized spacial score (nSPS) is 10.0. The Labute approximate surface area is 113 Å². The van der Waals surface area contributed by atoms with E-state index in [4.69, 9.17) is 0 Å². The van der Waals surface area contributed by atoms with Crippen LogP contribution in [-0.4, -0.2) is 28.2 Å². The first-order valence-electron chi connectivity index (χ1n) is 4.21. The summed E-state index contributed by atoms with van der Waals surface area (Å²) < 4.78 is 0. The van der Waals surface area contributed by atoms with Gasteiger partial charge in [-0.25, -0.2) is 0 Å². The molecule has 3 heteroatoms. The van der Waals surface area contributed by atoms with E-state index in [1.54, 1.807) is 6.07 Å². The zero-order valence-corrected chi connectivity index (χ0v) is 12.3. The molecule has 0 aromatic heterocycles. The molecular formula is C11H16BrMgO+. The van der Waals surface area contributed by atoms with Crippen LogP contribution in [0.3, 0.4) is 0 Å². The summed E-state index contributed by atoms with van der Waals surface area (Å²) in [6, 6.07) is 5.72. The summed E-state index contributed by atoms with van der Waals surface area (Å²) in [5.41, 5.74) is 2.23. The molecule has 1 aromatic rings. The molecule has 0 spiro atoms. The summed E-state index contributed by atoms with van der Waals surface area (Å²) in [6.07, 6.45) is 0. The zero-order valence-electron chi connectivity index (χ0n) is 9.26. The SMILES string of the molecule is Cc1ccc(O)c(C(C)(C)C)c1.[Br-].[Mg+2]. The van der Waals surface area contributed by atoms with Crippen LogP contribution in [0, 0.1) is 6.92 Å². The van der Waals surface area contributed by atoms with Gasteiger partial charge in [0.15, 0.2) is 0 Å². The van der Waals surface area contributed by atoms with Gasteiger partial charge in [-0.3, -0.25) is 0 Å². The molecule has 0 aliphatic carbocycles. The molecule has 0 aliphatic rings. The second-order valence-corrected chi connectivity index (χ2v) is 4.27. The quantitative estimate of drug-likeness (QED) is 0.636. The maximum Gasteiger partial charge on any atom is 2.00 e. The maximum absolute atomic E-state index is 9.57. The van der Waals surface area contributed by atoms with Crippen LogP contribution in [0.25, 0.3) is 0 Å². The van der Waals surface area contributed by atoms with Crippen LogP contribution < -0.4 is 17.0 Å². The molecule has 0 heterocycles. The maximum atomic E-state index is 9.57. The minimum atomic E-state index is 0. The fourth-order valence-electron chi connectivity index (χ4n) is 1.25. The van der Waals surface area contributed by atoms with Crippen molar-refractivity contribution in [2.75, 3.05) is 0 Å². The summed E-state index contributed by atoms with van der Waals surface area (Å²) in [6.45, 7) is 8.33. The molecule has 74 valence electrons. The standard InChI is InChI=1S/C11H16O.BrH.Mg/c1-8-5-6-10(12)9(7-8)11(2,3)4;;/h5-7,12H,1-4H3;1H;/q;;+2/p-1. The second-order valence-electron chi connectivity index (χ2n) is 4.27. The number of rotatable bonds is 0. The molecule has 14 heavy (non-hydrogen) atoms. The molecule has 1 N–H and O–H groups in total. The van der Waals surface area contributed by atoms with Crippen molar-refractivity contribution in [2.45, 2.75) is 33.1 Å². The summed E-state index contributed by atoms with van der Waals surface area (Å²) in [7, 11) is 0. The van der Waals surface area contributed by atoms with Crippen LogP contribution in [0.4, 0.5) is 0 Å². The van der Waals surface area contributed by atoms with Gasteiger partial charge in [-0.1, -0.05) is 38.5 Å². The van der Waals surface area contributed by atoms with Crippen molar-refractivity contribution in [1.82, 2.24) is 0 Å². The van der Waals surface area contributed by atoms with Crippen LogP contribution in [0.15, 0.2) is 18.2 Å². The average molecular weight is 268 g/mol. The first-order valence-corrected chi connectivity index (χ1v) is 4.21. The van der Waals surface area contributed by atoms with Crippen LogP contribution in [0.5, 0.6) is 5.75 Å². The molecule has 0 amide bonds. The molecule has 0 radical (unpaired) electrons. The summed E-state index contributed by atoms with van der Waals surface area (Å²) in [5, 5.41) is 9.57. The summed E-state index contributed by atoms with van der Waals surface area (Å²) in [4.78, 5) is 0. The Morgan fingerprint density at radius 2 is 1.64 bits per heavy atom. The Kier molecular flexibility index (Phi) is 7.13. The largest absolute Gasteiger partial charge is 2.00 e. The minimum Gasteiger partial charge on any atom is -1.00 e. The van der Waals surface area contributed by atoms with Crippen molar-refractivity contribution in [3.8, 4) is 5.75 Å². The van der Waals surface area contributed by atoms with Gasteiger partial charge < -0.3 is 22.1 Å². The molecule has 0 atom stereocenters. The Morgan fingerprint density at radius 1 is 1.14 bits per heavy atom. The molecule has 0 aliphatic heterocycles. The molecule has 0 unspecified atom stereocenters. The van der Waals surface area contributed by atoms with Crippen molar-refractivity contribution in [3.63, 3.8) is 0 Å². The van der Waals surface area contributed by atoms with E-state index in [-0.39, 0.29) is 45.4 Å². The van der Waals surface area contributed by atoms with E-state index in [9.17, 15) is 5.11 Å². The van der Waals surface area contributed by atoms with Crippen LogP contribution in [-0.2, 0) is 5.41 Å². The number of aromatic hydroxyl groups is 1. The Morgan fingerprint density at radius 3 is 2.00 bits per heavy atom. The first kappa shape index (κ1) is 16.7. The average Bonchev–Trinajstić information content (AvgIpc) is 1.92. The predicted molar refractivity (Wildman–Crippen MR) is 57.3 cm³/mol. The fourth-order valence-corrected chi connectivity index (χ4v) is 1.25. The third kappa shape index (κ3) is 4.19. The van der Waals surface area contributed by atoms with Crippen molar-refractivity contribution >= 4 is 23.1 Å². The van der Waals surface area contributed by atoms with Crippen LogP contribution in [0.1, 0.15) is 31.9 Å². The monoisotopic (exact) mass is 267 g/mol.